The Morgan fingerprint density at radius 3 is 3.00 bits per heavy atom. The standard InChI is InChI=1S/C11H24N2OS/c1-10(15(2)14)5-7-13-9-11-4-3-6-12-8-11/h10-13H,3-9H2,1-2H3. The molecule has 4 heteroatoms. The molecule has 0 aromatic carbocycles. The van der Waals surface area contributed by atoms with E-state index in [-0.39, 0.29) is 0 Å². The second-order valence-electron chi connectivity index (χ2n) is 4.51. The smallest absolute Gasteiger partial charge is 0.0329 e. The van der Waals surface area contributed by atoms with Crippen LogP contribution in [0.4, 0.5) is 0 Å². The predicted octanol–water partition coefficient (Wildman–Crippen LogP) is 0.733. The van der Waals surface area contributed by atoms with Gasteiger partial charge in [0, 0.05) is 22.3 Å². The van der Waals surface area contributed by atoms with Crippen LogP contribution in [0.2, 0.25) is 0 Å². The van der Waals surface area contributed by atoms with Gasteiger partial charge in [0.1, 0.15) is 0 Å². The van der Waals surface area contributed by atoms with Crippen LogP contribution < -0.4 is 10.6 Å². The van der Waals surface area contributed by atoms with Gasteiger partial charge in [0.2, 0.25) is 0 Å². The predicted molar refractivity (Wildman–Crippen MR) is 66.6 cm³/mol. The summed E-state index contributed by atoms with van der Waals surface area (Å²) in [5.74, 6) is 0.793. The van der Waals surface area contributed by atoms with Crippen molar-refractivity contribution in [1.82, 2.24) is 10.6 Å². The highest BCUT2D eigenvalue weighted by molar-refractivity contribution is 7.84. The van der Waals surface area contributed by atoms with Crippen molar-refractivity contribution in [3.05, 3.63) is 0 Å². The minimum atomic E-state index is -0.671. The molecule has 15 heavy (non-hydrogen) atoms. The molecular formula is C11H24N2OS. The number of hydrogen-bond acceptors (Lipinski definition) is 3. The van der Waals surface area contributed by atoms with Crippen LogP contribution in [0.1, 0.15) is 26.2 Å². The summed E-state index contributed by atoms with van der Waals surface area (Å²) in [6.07, 6.45) is 5.45. The number of piperidine rings is 1. The van der Waals surface area contributed by atoms with E-state index in [2.05, 4.69) is 17.6 Å². The average Bonchev–Trinajstić information content (AvgIpc) is 2.25. The third-order valence-electron chi connectivity index (χ3n) is 3.13. The van der Waals surface area contributed by atoms with Gasteiger partial charge in [-0.3, -0.25) is 4.21 Å². The van der Waals surface area contributed by atoms with E-state index in [1.54, 1.807) is 6.26 Å². The maximum Gasteiger partial charge on any atom is 0.0329 e. The number of hydrogen-bond donors (Lipinski definition) is 2. The van der Waals surface area contributed by atoms with E-state index in [0.29, 0.717) is 5.25 Å². The zero-order valence-electron chi connectivity index (χ0n) is 9.92. The van der Waals surface area contributed by atoms with E-state index in [4.69, 9.17) is 0 Å². The summed E-state index contributed by atoms with van der Waals surface area (Å²) in [4.78, 5) is 0. The van der Waals surface area contributed by atoms with Gasteiger partial charge >= 0.3 is 0 Å². The molecule has 1 aliphatic rings. The summed E-state index contributed by atoms with van der Waals surface area (Å²) in [6.45, 7) is 6.50. The van der Waals surface area contributed by atoms with Crippen molar-refractivity contribution in [2.75, 3.05) is 32.4 Å². The molecular weight excluding hydrogens is 208 g/mol. The van der Waals surface area contributed by atoms with Crippen molar-refractivity contribution in [3.63, 3.8) is 0 Å². The van der Waals surface area contributed by atoms with Gasteiger partial charge in [-0.05, 0) is 51.4 Å². The van der Waals surface area contributed by atoms with Crippen LogP contribution in [0, 0.1) is 5.92 Å². The lowest BCUT2D eigenvalue weighted by molar-refractivity contribution is 0.360. The molecule has 0 aromatic rings. The van der Waals surface area contributed by atoms with E-state index in [1.165, 1.54) is 19.4 Å². The summed E-state index contributed by atoms with van der Waals surface area (Å²) in [6, 6.07) is 0. The summed E-state index contributed by atoms with van der Waals surface area (Å²) < 4.78 is 11.1. The van der Waals surface area contributed by atoms with Crippen LogP contribution in [-0.4, -0.2) is 41.9 Å². The molecule has 0 saturated carbocycles. The molecule has 0 aromatic heterocycles. The van der Waals surface area contributed by atoms with Crippen molar-refractivity contribution in [3.8, 4) is 0 Å². The monoisotopic (exact) mass is 232 g/mol. The summed E-state index contributed by atoms with van der Waals surface area (Å²) in [5, 5.41) is 7.20. The van der Waals surface area contributed by atoms with Crippen molar-refractivity contribution in [2.24, 2.45) is 5.92 Å². The average molecular weight is 232 g/mol. The number of nitrogens with one attached hydrogen (secondary N) is 2. The molecule has 1 aliphatic heterocycles. The Kier molecular flexibility index (Phi) is 6.45. The normalized spacial score (nSPS) is 26.1. The Labute approximate surface area is 95.9 Å². The molecule has 3 atom stereocenters. The molecule has 1 heterocycles. The Bertz CT molecular complexity index is 193. The molecule has 1 fully saturated rings. The topological polar surface area (TPSA) is 41.1 Å². The lowest BCUT2D eigenvalue weighted by atomic mass is 10.00. The van der Waals surface area contributed by atoms with Gasteiger partial charge in [0.25, 0.3) is 0 Å². The Morgan fingerprint density at radius 2 is 2.40 bits per heavy atom. The van der Waals surface area contributed by atoms with Gasteiger partial charge < -0.3 is 10.6 Å². The first kappa shape index (κ1) is 13.1. The van der Waals surface area contributed by atoms with E-state index < -0.39 is 10.8 Å². The molecule has 0 radical (unpaired) electrons. The van der Waals surface area contributed by atoms with Gasteiger partial charge in [0.05, 0.1) is 0 Å². The molecule has 0 spiro atoms. The molecule has 0 aliphatic carbocycles. The zero-order chi connectivity index (χ0) is 11.1. The Balaban J connectivity index is 1.98. The fraction of sp³-hybridized carbons (Fsp3) is 1.00. The second kappa shape index (κ2) is 7.36. The van der Waals surface area contributed by atoms with Crippen molar-refractivity contribution in [1.29, 1.82) is 0 Å². The van der Waals surface area contributed by atoms with Crippen LogP contribution in [-0.2, 0) is 10.8 Å². The third kappa shape index (κ3) is 5.64. The molecule has 3 nitrogen and oxygen atoms in total. The first-order valence-corrected chi connectivity index (χ1v) is 7.56. The second-order valence-corrected chi connectivity index (χ2v) is 6.32. The Morgan fingerprint density at radius 1 is 1.60 bits per heavy atom. The molecule has 1 saturated heterocycles. The minimum Gasteiger partial charge on any atom is -0.316 e. The zero-order valence-corrected chi connectivity index (χ0v) is 10.7. The van der Waals surface area contributed by atoms with Crippen LogP contribution >= 0.6 is 0 Å². The molecule has 2 N–H and O–H groups in total. The van der Waals surface area contributed by atoms with Gasteiger partial charge in [-0.2, -0.15) is 0 Å². The van der Waals surface area contributed by atoms with Crippen LogP contribution in [0.15, 0.2) is 0 Å². The maximum absolute atomic E-state index is 11.1. The summed E-state index contributed by atoms with van der Waals surface area (Å²) in [5.41, 5.74) is 0. The SMILES string of the molecule is CC(CCNCC1CCCNC1)S(C)=O. The van der Waals surface area contributed by atoms with Gasteiger partial charge in [-0.25, -0.2) is 0 Å². The first-order chi connectivity index (χ1) is 7.20. The third-order valence-corrected chi connectivity index (χ3v) is 4.50. The van der Waals surface area contributed by atoms with E-state index in [0.717, 1.165) is 32.0 Å². The number of rotatable bonds is 6. The lowest BCUT2D eigenvalue weighted by Gasteiger charge is -2.23. The van der Waals surface area contributed by atoms with Crippen LogP contribution in [0.5, 0.6) is 0 Å². The van der Waals surface area contributed by atoms with Crippen molar-refractivity contribution < 1.29 is 4.21 Å². The minimum absolute atomic E-state index is 0.321. The fourth-order valence-corrected chi connectivity index (χ4v) is 2.33. The quantitative estimate of drug-likeness (QED) is 0.664. The van der Waals surface area contributed by atoms with Gasteiger partial charge in [-0.1, -0.05) is 6.92 Å². The first-order valence-electron chi connectivity index (χ1n) is 5.94. The van der Waals surface area contributed by atoms with Gasteiger partial charge in [0.15, 0.2) is 0 Å². The highest BCUT2D eigenvalue weighted by Crippen LogP contribution is 2.08. The van der Waals surface area contributed by atoms with Gasteiger partial charge in [-0.15, -0.1) is 0 Å². The molecule has 0 amide bonds. The van der Waals surface area contributed by atoms with E-state index in [1.807, 2.05) is 0 Å². The lowest BCUT2D eigenvalue weighted by Crippen LogP contribution is -2.36. The fourth-order valence-electron chi connectivity index (χ4n) is 1.88. The maximum atomic E-state index is 11.1. The molecule has 1 rings (SSSR count). The highest BCUT2D eigenvalue weighted by atomic mass is 32.2. The van der Waals surface area contributed by atoms with Crippen LogP contribution in [0.3, 0.4) is 0 Å². The van der Waals surface area contributed by atoms with Crippen molar-refractivity contribution >= 4 is 10.8 Å². The van der Waals surface area contributed by atoms with E-state index >= 15 is 0 Å². The summed E-state index contributed by atoms with van der Waals surface area (Å²) >= 11 is 0. The largest absolute Gasteiger partial charge is 0.316 e. The molecule has 0 bridgehead atoms. The van der Waals surface area contributed by atoms with Crippen LogP contribution in [0.25, 0.3) is 0 Å². The Hall–Kier alpha value is 0.0700. The summed E-state index contributed by atoms with van der Waals surface area (Å²) in [7, 11) is -0.671. The van der Waals surface area contributed by atoms with E-state index in [9.17, 15) is 4.21 Å². The molecule has 90 valence electrons. The molecule has 3 unspecified atom stereocenters. The van der Waals surface area contributed by atoms with Crippen molar-refractivity contribution in [2.45, 2.75) is 31.4 Å². The highest BCUT2D eigenvalue weighted by Gasteiger charge is 2.12.